The largest absolute Gasteiger partial charge is 0.394 e. The number of fused-ring (bicyclic) bond motifs is 1. The molecule has 2 aliphatic rings. The maximum absolute atomic E-state index is 12.5. The van der Waals surface area contributed by atoms with E-state index in [0.717, 1.165) is 0 Å². The van der Waals surface area contributed by atoms with Crippen molar-refractivity contribution in [3.8, 4) is 0 Å². The minimum atomic E-state index is -0.520. The summed E-state index contributed by atoms with van der Waals surface area (Å²) < 4.78 is 5.32. The average Bonchev–Trinajstić information content (AvgIpc) is 2.55. The third-order valence-electron chi connectivity index (χ3n) is 4.54. The monoisotopic (exact) mass is 290 g/mol. The standard InChI is InChI=1S/C16H22N2O3/c19-11-16(5-7-21-8-6-16)18-15(20)14-9-12-3-1-2-4-13(12)10-17-14/h1-4,14,17,19H,5-11H2,(H,18,20). The highest BCUT2D eigenvalue weighted by atomic mass is 16.5. The van der Waals surface area contributed by atoms with Crippen molar-refractivity contribution >= 4 is 5.91 Å². The first-order chi connectivity index (χ1) is 10.2. The van der Waals surface area contributed by atoms with Crippen molar-refractivity contribution in [1.29, 1.82) is 0 Å². The Labute approximate surface area is 124 Å². The molecule has 1 unspecified atom stereocenters. The van der Waals surface area contributed by atoms with Gasteiger partial charge in [0, 0.05) is 19.8 Å². The Balaban J connectivity index is 1.66. The summed E-state index contributed by atoms with van der Waals surface area (Å²) in [4.78, 5) is 12.5. The van der Waals surface area contributed by atoms with Crippen LogP contribution in [0.5, 0.6) is 0 Å². The molecule has 1 aromatic rings. The molecule has 0 aromatic heterocycles. The summed E-state index contributed by atoms with van der Waals surface area (Å²) in [5.41, 5.74) is 1.96. The van der Waals surface area contributed by atoms with Crippen LogP contribution >= 0.6 is 0 Å². The number of aliphatic hydroxyl groups excluding tert-OH is 1. The highest BCUT2D eigenvalue weighted by Gasteiger charge is 2.36. The second kappa shape index (κ2) is 6.13. The number of carbonyl (C=O) groups is 1. The zero-order valence-electron chi connectivity index (χ0n) is 12.1. The van der Waals surface area contributed by atoms with E-state index in [-0.39, 0.29) is 18.6 Å². The van der Waals surface area contributed by atoms with Gasteiger partial charge in [0.15, 0.2) is 0 Å². The summed E-state index contributed by atoms with van der Waals surface area (Å²) >= 11 is 0. The third kappa shape index (κ3) is 3.10. The predicted octanol–water partition coefficient (Wildman–Crippen LogP) is 0.359. The van der Waals surface area contributed by atoms with Gasteiger partial charge in [0.25, 0.3) is 0 Å². The number of benzene rings is 1. The molecule has 21 heavy (non-hydrogen) atoms. The fraction of sp³-hybridized carbons (Fsp3) is 0.562. The van der Waals surface area contributed by atoms with Crippen molar-refractivity contribution in [3.05, 3.63) is 35.4 Å². The highest BCUT2D eigenvalue weighted by Crippen LogP contribution is 2.21. The van der Waals surface area contributed by atoms with Crippen molar-refractivity contribution in [3.63, 3.8) is 0 Å². The number of carbonyl (C=O) groups excluding carboxylic acids is 1. The second-order valence-corrected chi connectivity index (χ2v) is 5.95. The third-order valence-corrected chi connectivity index (χ3v) is 4.54. The summed E-state index contributed by atoms with van der Waals surface area (Å²) in [5, 5.41) is 16.0. The van der Waals surface area contributed by atoms with Crippen LogP contribution in [-0.2, 0) is 22.5 Å². The van der Waals surface area contributed by atoms with E-state index in [2.05, 4.69) is 22.8 Å². The van der Waals surface area contributed by atoms with Gasteiger partial charge < -0.3 is 20.5 Å². The number of nitrogens with one attached hydrogen (secondary N) is 2. The molecule has 0 spiro atoms. The van der Waals surface area contributed by atoms with Gasteiger partial charge in [-0.15, -0.1) is 0 Å². The van der Waals surface area contributed by atoms with Crippen LogP contribution in [0.4, 0.5) is 0 Å². The first-order valence-electron chi connectivity index (χ1n) is 7.53. The fourth-order valence-corrected chi connectivity index (χ4v) is 3.07. The van der Waals surface area contributed by atoms with Gasteiger partial charge in [-0.25, -0.2) is 0 Å². The zero-order chi connectivity index (χ0) is 14.7. The quantitative estimate of drug-likeness (QED) is 0.752. The van der Waals surface area contributed by atoms with Crippen LogP contribution in [0, 0.1) is 0 Å². The lowest BCUT2D eigenvalue weighted by molar-refractivity contribution is -0.127. The van der Waals surface area contributed by atoms with Gasteiger partial charge in [0.05, 0.1) is 18.2 Å². The van der Waals surface area contributed by atoms with Gasteiger partial charge in [-0.2, -0.15) is 0 Å². The van der Waals surface area contributed by atoms with Crippen LogP contribution in [0.25, 0.3) is 0 Å². The van der Waals surface area contributed by atoms with Crippen LogP contribution in [0.15, 0.2) is 24.3 Å². The molecule has 5 nitrogen and oxygen atoms in total. The first kappa shape index (κ1) is 14.5. The van der Waals surface area contributed by atoms with Crippen molar-refractivity contribution in [2.75, 3.05) is 19.8 Å². The Kier molecular flexibility index (Phi) is 4.24. The lowest BCUT2D eigenvalue weighted by Crippen LogP contribution is -2.59. The van der Waals surface area contributed by atoms with E-state index >= 15 is 0 Å². The molecule has 5 heteroatoms. The molecule has 3 rings (SSSR count). The minimum absolute atomic E-state index is 0.0274. The van der Waals surface area contributed by atoms with Crippen LogP contribution in [0.3, 0.4) is 0 Å². The van der Waals surface area contributed by atoms with Crippen LogP contribution in [-0.4, -0.2) is 42.4 Å². The molecule has 1 aromatic carbocycles. The van der Waals surface area contributed by atoms with Crippen molar-refractivity contribution < 1.29 is 14.6 Å². The molecule has 2 aliphatic heterocycles. The summed E-state index contributed by atoms with van der Waals surface area (Å²) in [6.07, 6.45) is 2.02. The van der Waals surface area contributed by atoms with Crippen molar-refractivity contribution in [1.82, 2.24) is 10.6 Å². The van der Waals surface area contributed by atoms with E-state index in [9.17, 15) is 9.90 Å². The van der Waals surface area contributed by atoms with E-state index in [0.29, 0.717) is 39.0 Å². The lowest BCUT2D eigenvalue weighted by Gasteiger charge is -2.38. The van der Waals surface area contributed by atoms with Gasteiger partial charge in [-0.1, -0.05) is 24.3 Å². The minimum Gasteiger partial charge on any atom is -0.394 e. The number of aliphatic hydroxyl groups is 1. The zero-order valence-corrected chi connectivity index (χ0v) is 12.1. The number of hydrogen-bond acceptors (Lipinski definition) is 4. The molecule has 0 radical (unpaired) electrons. The average molecular weight is 290 g/mol. The molecule has 1 amide bonds. The summed E-state index contributed by atoms with van der Waals surface area (Å²) in [5.74, 6) is -0.0274. The SMILES string of the molecule is O=C(NC1(CO)CCOCC1)C1Cc2ccccc2CN1. The molecule has 1 saturated heterocycles. The maximum atomic E-state index is 12.5. The molecular weight excluding hydrogens is 268 g/mol. The molecule has 0 bridgehead atoms. The van der Waals surface area contributed by atoms with Gasteiger partial charge in [0.2, 0.25) is 5.91 Å². The first-order valence-corrected chi connectivity index (χ1v) is 7.53. The van der Waals surface area contributed by atoms with E-state index in [1.165, 1.54) is 11.1 Å². The molecule has 114 valence electrons. The fourth-order valence-electron chi connectivity index (χ4n) is 3.07. The lowest BCUT2D eigenvalue weighted by atomic mass is 9.89. The number of rotatable bonds is 3. The van der Waals surface area contributed by atoms with Crippen molar-refractivity contribution in [2.24, 2.45) is 0 Å². The van der Waals surface area contributed by atoms with Gasteiger partial charge in [0.1, 0.15) is 0 Å². The Bertz CT molecular complexity index is 512. The van der Waals surface area contributed by atoms with E-state index in [1.54, 1.807) is 0 Å². The molecule has 1 atom stereocenters. The Morgan fingerprint density at radius 3 is 2.76 bits per heavy atom. The normalized spacial score (nSPS) is 24.1. The molecule has 2 heterocycles. The van der Waals surface area contributed by atoms with E-state index < -0.39 is 5.54 Å². The maximum Gasteiger partial charge on any atom is 0.238 e. The summed E-state index contributed by atoms with van der Waals surface area (Å²) in [6.45, 7) is 1.85. The predicted molar refractivity (Wildman–Crippen MR) is 78.8 cm³/mol. The molecule has 0 saturated carbocycles. The molecular formula is C16H22N2O3. The molecule has 1 fully saturated rings. The topological polar surface area (TPSA) is 70.6 Å². The number of amides is 1. The van der Waals surface area contributed by atoms with Crippen LogP contribution in [0.1, 0.15) is 24.0 Å². The Morgan fingerprint density at radius 1 is 1.33 bits per heavy atom. The van der Waals surface area contributed by atoms with E-state index in [1.807, 2.05) is 12.1 Å². The van der Waals surface area contributed by atoms with Gasteiger partial charge >= 0.3 is 0 Å². The molecule has 0 aliphatic carbocycles. The second-order valence-electron chi connectivity index (χ2n) is 5.95. The Hall–Kier alpha value is -1.43. The highest BCUT2D eigenvalue weighted by molar-refractivity contribution is 5.83. The van der Waals surface area contributed by atoms with Gasteiger partial charge in [-0.05, 0) is 30.4 Å². The summed E-state index contributed by atoms with van der Waals surface area (Å²) in [6, 6.07) is 7.96. The number of hydrogen-bond donors (Lipinski definition) is 3. The van der Waals surface area contributed by atoms with E-state index in [4.69, 9.17) is 4.74 Å². The molecule has 3 N–H and O–H groups in total. The summed E-state index contributed by atoms with van der Waals surface area (Å²) in [7, 11) is 0. The van der Waals surface area contributed by atoms with Gasteiger partial charge in [-0.3, -0.25) is 4.79 Å². The van der Waals surface area contributed by atoms with Crippen LogP contribution in [0.2, 0.25) is 0 Å². The van der Waals surface area contributed by atoms with Crippen LogP contribution < -0.4 is 10.6 Å². The Morgan fingerprint density at radius 2 is 2.05 bits per heavy atom. The van der Waals surface area contributed by atoms with Crippen molar-refractivity contribution in [2.45, 2.75) is 37.4 Å². The smallest absolute Gasteiger partial charge is 0.238 e. The number of ether oxygens (including phenoxy) is 1.